The molecule has 128 valence electrons. The van der Waals surface area contributed by atoms with Crippen molar-refractivity contribution in [2.75, 3.05) is 26.2 Å². The van der Waals surface area contributed by atoms with Crippen LogP contribution in [0.25, 0.3) is 0 Å². The van der Waals surface area contributed by atoms with Crippen LogP contribution in [0, 0.1) is 5.92 Å². The average Bonchev–Trinajstić information content (AvgIpc) is 2.56. The molecule has 1 aromatic carbocycles. The largest absolute Gasteiger partial charge is 0.300 e. The van der Waals surface area contributed by atoms with E-state index in [1.165, 1.54) is 25.9 Å². The number of sulfonamides is 1. The standard InChI is InChI=1S/C17H25BrN2O2S/c1-14-5-9-19(10-6-14)16-7-11-20(12-8-16)23(21,22)17-4-2-3-15(18)13-17/h2-4,13-14,16H,5-12H2,1H3. The van der Waals surface area contributed by atoms with Gasteiger partial charge in [-0.2, -0.15) is 4.31 Å². The van der Waals surface area contributed by atoms with Crippen molar-refractivity contribution in [3.8, 4) is 0 Å². The van der Waals surface area contributed by atoms with E-state index in [1.807, 2.05) is 6.07 Å². The summed E-state index contributed by atoms with van der Waals surface area (Å²) in [7, 11) is -3.36. The number of likely N-dealkylation sites (tertiary alicyclic amines) is 1. The van der Waals surface area contributed by atoms with E-state index in [9.17, 15) is 8.42 Å². The van der Waals surface area contributed by atoms with Crippen LogP contribution in [0.4, 0.5) is 0 Å². The van der Waals surface area contributed by atoms with E-state index in [0.29, 0.717) is 24.0 Å². The summed E-state index contributed by atoms with van der Waals surface area (Å²) in [5, 5.41) is 0. The topological polar surface area (TPSA) is 40.6 Å². The van der Waals surface area contributed by atoms with Crippen LogP contribution in [0.1, 0.15) is 32.6 Å². The van der Waals surface area contributed by atoms with Gasteiger partial charge in [0.2, 0.25) is 10.0 Å². The molecule has 2 saturated heterocycles. The molecule has 0 aliphatic carbocycles. The summed E-state index contributed by atoms with van der Waals surface area (Å²) >= 11 is 3.36. The Hall–Kier alpha value is -0.430. The van der Waals surface area contributed by atoms with Gasteiger partial charge in [-0.1, -0.05) is 28.9 Å². The van der Waals surface area contributed by atoms with Gasteiger partial charge < -0.3 is 4.90 Å². The van der Waals surface area contributed by atoms with Crippen molar-refractivity contribution in [1.29, 1.82) is 0 Å². The second-order valence-electron chi connectivity index (χ2n) is 6.81. The molecule has 2 aliphatic heterocycles. The van der Waals surface area contributed by atoms with Gasteiger partial charge in [-0.25, -0.2) is 8.42 Å². The molecule has 0 aromatic heterocycles. The van der Waals surface area contributed by atoms with Gasteiger partial charge in [0, 0.05) is 23.6 Å². The van der Waals surface area contributed by atoms with E-state index in [0.717, 1.165) is 23.2 Å². The van der Waals surface area contributed by atoms with E-state index in [-0.39, 0.29) is 0 Å². The molecule has 0 amide bonds. The molecule has 0 atom stereocenters. The zero-order valence-corrected chi connectivity index (χ0v) is 16.0. The molecule has 2 fully saturated rings. The summed E-state index contributed by atoms with van der Waals surface area (Å²) in [6.07, 6.45) is 4.44. The van der Waals surface area contributed by atoms with E-state index in [1.54, 1.807) is 22.5 Å². The van der Waals surface area contributed by atoms with Crippen LogP contribution in [-0.2, 0) is 10.0 Å². The van der Waals surface area contributed by atoms with Crippen LogP contribution in [0.3, 0.4) is 0 Å². The van der Waals surface area contributed by atoms with E-state index >= 15 is 0 Å². The highest BCUT2D eigenvalue weighted by molar-refractivity contribution is 9.10. The minimum atomic E-state index is -3.36. The molecule has 0 radical (unpaired) electrons. The molecule has 1 aromatic rings. The summed E-state index contributed by atoms with van der Waals surface area (Å²) < 4.78 is 28.0. The molecule has 2 aliphatic rings. The van der Waals surface area contributed by atoms with Gasteiger partial charge in [-0.15, -0.1) is 0 Å². The van der Waals surface area contributed by atoms with Crippen LogP contribution in [0.15, 0.2) is 33.6 Å². The normalized spacial score (nSPS) is 23.2. The molecule has 4 nitrogen and oxygen atoms in total. The Balaban J connectivity index is 1.62. The molecule has 3 rings (SSSR count). The third-order valence-electron chi connectivity index (χ3n) is 5.19. The lowest BCUT2D eigenvalue weighted by Crippen LogP contribution is -2.48. The SMILES string of the molecule is CC1CCN(C2CCN(S(=O)(=O)c3cccc(Br)c3)CC2)CC1. The van der Waals surface area contributed by atoms with Gasteiger partial charge in [0.15, 0.2) is 0 Å². The van der Waals surface area contributed by atoms with Gasteiger partial charge in [0.1, 0.15) is 0 Å². The monoisotopic (exact) mass is 400 g/mol. The van der Waals surface area contributed by atoms with E-state index in [4.69, 9.17) is 0 Å². The first kappa shape index (κ1) is 17.4. The first-order chi connectivity index (χ1) is 11.0. The Morgan fingerprint density at radius 1 is 1.04 bits per heavy atom. The van der Waals surface area contributed by atoms with Gasteiger partial charge in [-0.05, 0) is 62.9 Å². The number of nitrogens with zero attached hydrogens (tertiary/aromatic N) is 2. The zero-order chi connectivity index (χ0) is 16.4. The maximum atomic E-state index is 12.8. The minimum absolute atomic E-state index is 0.386. The molecule has 0 unspecified atom stereocenters. The van der Waals surface area contributed by atoms with Gasteiger partial charge in [0.05, 0.1) is 4.90 Å². The maximum Gasteiger partial charge on any atom is 0.243 e. The van der Waals surface area contributed by atoms with Crippen LogP contribution in [-0.4, -0.2) is 49.8 Å². The van der Waals surface area contributed by atoms with E-state index < -0.39 is 10.0 Å². The number of hydrogen-bond acceptors (Lipinski definition) is 3. The van der Waals surface area contributed by atoms with Crippen molar-refractivity contribution in [1.82, 2.24) is 9.21 Å². The third-order valence-corrected chi connectivity index (χ3v) is 7.58. The number of hydrogen-bond donors (Lipinski definition) is 0. The van der Waals surface area contributed by atoms with Crippen LogP contribution < -0.4 is 0 Å². The first-order valence-electron chi connectivity index (χ1n) is 8.46. The fraction of sp³-hybridized carbons (Fsp3) is 0.647. The second kappa shape index (κ2) is 7.21. The fourth-order valence-electron chi connectivity index (χ4n) is 3.62. The third kappa shape index (κ3) is 3.98. The van der Waals surface area contributed by atoms with Crippen LogP contribution >= 0.6 is 15.9 Å². The van der Waals surface area contributed by atoms with Gasteiger partial charge >= 0.3 is 0 Å². The lowest BCUT2D eigenvalue weighted by atomic mass is 9.95. The Morgan fingerprint density at radius 2 is 1.70 bits per heavy atom. The Kier molecular flexibility index (Phi) is 5.46. The van der Waals surface area contributed by atoms with Gasteiger partial charge in [0.25, 0.3) is 0 Å². The fourth-order valence-corrected chi connectivity index (χ4v) is 5.68. The quantitative estimate of drug-likeness (QED) is 0.780. The average molecular weight is 401 g/mol. The lowest BCUT2D eigenvalue weighted by Gasteiger charge is -2.41. The summed E-state index contributed by atoms with van der Waals surface area (Å²) in [6, 6.07) is 7.55. The molecule has 0 bridgehead atoms. The number of piperidine rings is 2. The first-order valence-corrected chi connectivity index (χ1v) is 10.7. The van der Waals surface area contributed by atoms with E-state index in [2.05, 4.69) is 27.8 Å². The van der Waals surface area contributed by atoms with Crippen LogP contribution in [0.5, 0.6) is 0 Å². The Bertz CT molecular complexity index is 634. The Morgan fingerprint density at radius 3 is 2.30 bits per heavy atom. The molecule has 0 N–H and O–H groups in total. The molecule has 0 spiro atoms. The summed E-state index contributed by atoms with van der Waals surface area (Å²) in [6.45, 7) is 5.93. The van der Waals surface area contributed by atoms with Crippen molar-refractivity contribution < 1.29 is 8.42 Å². The summed E-state index contributed by atoms with van der Waals surface area (Å²) in [4.78, 5) is 2.96. The van der Waals surface area contributed by atoms with Crippen molar-refractivity contribution in [3.63, 3.8) is 0 Å². The highest BCUT2D eigenvalue weighted by Gasteiger charge is 2.32. The Labute approximate surface area is 148 Å². The number of halogens is 1. The van der Waals surface area contributed by atoms with Crippen molar-refractivity contribution >= 4 is 26.0 Å². The minimum Gasteiger partial charge on any atom is -0.300 e. The maximum absolute atomic E-state index is 12.8. The highest BCUT2D eigenvalue weighted by atomic mass is 79.9. The van der Waals surface area contributed by atoms with Crippen molar-refractivity contribution in [2.45, 2.75) is 43.5 Å². The second-order valence-corrected chi connectivity index (χ2v) is 9.66. The predicted octanol–water partition coefficient (Wildman–Crippen LogP) is 3.33. The summed E-state index contributed by atoms with van der Waals surface area (Å²) in [5.74, 6) is 0.836. The molecule has 6 heteroatoms. The zero-order valence-electron chi connectivity index (χ0n) is 13.6. The van der Waals surface area contributed by atoms with Crippen molar-refractivity contribution in [2.24, 2.45) is 5.92 Å². The van der Waals surface area contributed by atoms with Gasteiger partial charge in [-0.3, -0.25) is 0 Å². The smallest absolute Gasteiger partial charge is 0.243 e. The molecule has 23 heavy (non-hydrogen) atoms. The number of benzene rings is 1. The predicted molar refractivity (Wildman–Crippen MR) is 95.9 cm³/mol. The van der Waals surface area contributed by atoms with Crippen molar-refractivity contribution in [3.05, 3.63) is 28.7 Å². The molecule has 0 saturated carbocycles. The molecular weight excluding hydrogens is 376 g/mol. The number of rotatable bonds is 3. The molecular formula is C17H25BrN2O2S. The van der Waals surface area contributed by atoms with Crippen LogP contribution in [0.2, 0.25) is 0 Å². The summed E-state index contributed by atoms with van der Waals surface area (Å²) in [5.41, 5.74) is 0. The highest BCUT2D eigenvalue weighted by Crippen LogP contribution is 2.27. The molecule has 2 heterocycles. The lowest BCUT2D eigenvalue weighted by molar-refractivity contribution is 0.101.